The van der Waals surface area contributed by atoms with Crippen molar-refractivity contribution in [2.24, 2.45) is 0 Å². The van der Waals surface area contributed by atoms with E-state index < -0.39 is 0 Å². The van der Waals surface area contributed by atoms with Gasteiger partial charge in [-0.25, -0.2) is 0 Å². The molecule has 140 valence electrons. The Morgan fingerprint density at radius 3 is 2.19 bits per heavy atom. The zero-order valence-corrected chi connectivity index (χ0v) is 16.6. The minimum atomic E-state index is 0.0501. The van der Waals surface area contributed by atoms with Gasteiger partial charge in [-0.1, -0.05) is 42.8 Å². The highest BCUT2D eigenvalue weighted by molar-refractivity contribution is 6.30. The molecule has 1 N–H and O–H groups in total. The molecule has 0 fully saturated rings. The lowest BCUT2D eigenvalue weighted by atomic mass is 9.97. The van der Waals surface area contributed by atoms with Gasteiger partial charge >= 0.3 is 0 Å². The predicted octanol–water partition coefficient (Wildman–Crippen LogP) is 4.26. The first-order chi connectivity index (χ1) is 12.4. The third-order valence-electron chi connectivity index (χ3n) is 4.55. The van der Waals surface area contributed by atoms with Gasteiger partial charge in [-0.3, -0.25) is 4.79 Å². The van der Waals surface area contributed by atoms with E-state index in [-0.39, 0.29) is 17.9 Å². The first kappa shape index (κ1) is 20.3. The molecule has 2 unspecified atom stereocenters. The van der Waals surface area contributed by atoms with Crippen molar-refractivity contribution in [3.8, 4) is 5.75 Å². The number of nitrogens with one attached hydrogen (secondary N) is 1. The molecule has 2 rings (SSSR count). The SMILES string of the molecule is COc1ccc(C(C)CC(=O)NCC(c2ccc(Cl)cc2)N(C)C)cc1. The van der Waals surface area contributed by atoms with Crippen LogP contribution in [0.2, 0.25) is 5.02 Å². The molecule has 0 heterocycles. The van der Waals surface area contributed by atoms with Crippen molar-refractivity contribution in [3.63, 3.8) is 0 Å². The molecule has 0 saturated heterocycles. The number of carbonyl (C=O) groups excluding carboxylic acids is 1. The summed E-state index contributed by atoms with van der Waals surface area (Å²) in [6.07, 6.45) is 0.451. The number of likely N-dealkylation sites (N-methyl/N-ethyl adjacent to an activating group) is 1. The summed E-state index contributed by atoms with van der Waals surface area (Å²) in [5.41, 5.74) is 2.26. The van der Waals surface area contributed by atoms with E-state index in [1.807, 2.05) is 62.6 Å². The Hall–Kier alpha value is -2.04. The van der Waals surface area contributed by atoms with Gasteiger partial charge in [0.1, 0.15) is 5.75 Å². The van der Waals surface area contributed by atoms with Gasteiger partial charge in [-0.15, -0.1) is 0 Å². The molecule has 2 atom stereocenters. The lowest BCUT2D eigenvalue weighted by Crippen LogP contribution is -2.34. The quantitative estimate of drug-likeness (QED) is 0.750. The van der Waals surface area contributed by atoms with Crippen LogP contribution in [0.5, 0.6) is 5.75 Å². The molecule has 0 aromatic heterocycles. The minimum absolute atomic E-state index is 0.0501. The largest absolute Gasteiger partial charge is 0.497 e. The van der Waals surface area contributed by atoms with E-state index in [1.165, 1.54) is 0 Å². The van der Waals surface area contributed by atoms with Crippen molar-refractivity contribution < 1.29 is 9.53 Å². The van der Waals surface area contributed by atoms with E-state index in [0.717, 1.165) is 16.9 Å². The number of amides is 1. The van der Waals surface area contributed by atoms with Crippen molar-refractivity contribution in [2.75, 3.05) is 27.7 Å². The van der Waals surface area contributed by atoms with Gasteiger partial charge in [0, 0.05) is 18.0 Å². The van der Waals surface area contributed by atoms with E-state index in [0.29, 0.717) is 18.0 Å². The number of carbonyl (C=O) groups is 1. The van der Waals surface area contributed by atoms with E-state index in [4.69, 9.17) is 16.3 Å². The van der Waals surface area contributed by atoms with Gasteiger partial charge in [0.2, 0.25) is 5.91 Å². The smallest absolute Gasteiger partial charge is 0.220 e. The third-order valence-corrected chi connectivity index (χ3v) is 4.80. The molecule has 0 aliphatic heterocycles. The van der Waals surface area contributed by atoms with Crippen LogP contribution < -0.4 is 10.1 Å². The summed E-state index contributed by atoms with van der Waals surface area (Å²) < 4.78 is 5.17. The Bertz CT molecular complexity index is 699. The maximum atomic E-state index is 12.4. The highest BCUT2D eigenvalue weighted by Gasteiger charge is 2.17. The van der Waals surface area contributed by atoms with Gasteiger partial charge in [-0.2, -0.15) is 0 Å². The number of nitrogens with zero attached hydrogens (tertiary/aromatic N) is 1. The Balaban J connectivity index is 1.91. The van der Waals surface area contributed by atoms with Crippen molar-refractivity contribution in [1.29, 1.82) is 0 Å². The Labute approximate surface area is 161 Å². The lowest BCUT2D eigenvalue weighted by Gasteiger charge is -2.25. The van der Waals surface area contributed by atoms with Gasteiger partial charge < -0.3 is 15.0 Å². The van der Waals surface area contributed by atoms with Gasteiger partial charge in [-0.05, 0) is 55.4 Å². The molecule has 26 heavy (non-hydrogen) atoms. The van der Waals surface area contributed by atoms with Gasteiger partial charge in [0.25, 0.3) is 0 Å². The number of hydrogen-bond acceptors (Lipinski definition) is 3. The summed E-state index contributed by atoms with van der Waals surface area (Å²) in [6.45, 7) is 2.62. The molecule has 0 aliphatic rings. The van der Waals surface area contributed by atoms with Crippen LogP contribution >= 0.6 is 11.6 Å². The molecule has 0 spiro atoms. The van der Waals surface area contributed by atoms with Crippen LogP contribution in [0.4, 0.5) is 0 Å². The van der Waals surface area contributed by atoms with Crippen LogP contribution in [0.15, 0.2) is 48.5 Å². The number of methoxy groups -OCH3 is 1. The fourth-order valence-corrected chi connectivity index (χ4v) is 3.02. The van der Waals surface area contributed by atoms with E-state index in [2.05, 4.69) is 17.1 Å². The fraction of sp³-hybridized carbons (Fsp3) is 0.381. The summed E-state index contributed by atoms with van der Waals surface area (Å²) in [4.78, 5) is 14.5. The molecule has 2 aromatic carbocycles. The first-order valence-electron chi connectivity index (χ1n) is 8.73. The molecule has 5 heteroatoms. The predicted molar refractivity (Wildman–Crippen MR) is 107 cm³/mol. The molecular weight excluding hydrogens is 348 g/mol. The van der Waals surface area contributed by atoms with Gasteiger partial charge in [0.15, 0.2) is 0 Å². The van der Waals surface area contributed by atoms with E-state index in [9.17, 15) is 4.79 Å². The third kappa shape index (κ3) is 5.75. The topological polar surface area (TPSA) is 41.6 Å². The van der Waals surface area contributed by atoms with Crippen molar-refractivity contribution in [3.05, 3.63) is 64.7 Å². The number of benzene rings is 2. The van der Waals surface area contributed by atoms with Crippen LogP contribution in [-0.2, 0) is 4.79 Å². The van der Waals surface area contributed by atoms with Crippen LogP contribution in [0.3, 0.4) is 0 Å². The summed E-state index contributed by atoms with van der Waals surface area (Å²) in [5.74, 6) is 1.02. The van der Waals surface area contributed by atoms with Crippen molar-refractivity contribution >= 4 is 17.5 Å². The zero-order chi connectivity index (χ0) is 19.1. The highest BCUT2D eigenvalue weighted by atomic mass is 35.5. The van der Waals surface area contributed by atoms with Crippen molar-refractivity contribution in [2.45, 2.75) is 25.3 Å². The fourth-order valence-electron chi connectivity index (χ4n) is 2.89. The normalized spacial score (nSPS) is 13.3. The van der Waals surface area contributed by atoms with Gasteiger partial charge in [0.05, 0.1) is 13.2 Å². The summed E-state index contributed by atoms with van der Waals surface area (Å²) in [7, 11) is 5.66. The van der Waals surface area contributed by atoms with Crippen LogP contribution in [-0.4, -0.2) is 38.6 Å². The zero-order valence-electron chi connectivity index (χ0n) is 15.8. The Kier molecular flexibility index (Phi) is 7.49. The molecule has 1 amide bonds. The number of halogens is 1. The summed E-state index contributed by atoms with van der Waals surface area (Å²) >= 11 is 5.97. The second-order valence-corrected chi connectivity index (χ2v) is 7.15. The first-order valence-corrected chi connectivity index (χ1v) is 9.11. The molecule has 0 radical (unpaired) electrons. The van der Waals surface area contributed by atoms with Crippen LogP contribution in [0.1, 0.15) is 36.4 Å². The second kappa shape index (κ2) is 9.60. The average Bonchev–Trinajstić information content (AvgIpc) is 2.63. The Morgan fingerprint density at radius 1 is 1.08 bits per heavy atom. The minimum Gasteiger partial charge on any atom is -0.497 e. The second-order valence-electron chi connectivity index (χ2n) is 6.71. The maximum Gasteiger partial charge on any atom is 0.220 e. The maximum absolute atomic E-state index is 12.4. The summed E-state index contributed by atoms with van der Waals surface area (Å²) in [5, 5.41) is 3.77. The average molecular weight is 375 g/mol. The van der Waals surface area contributed by atoms with Crippen LogP contribution in [0.25, 0.3) is 0 Å². The molecule has 0 saturated carbocycles. The molecule has 0 aliphatic carbocycles. The number of hydrogen-bond donors (Lipinski definition) is 1. The van der Waals surface area contributed by atoms with E-state index in [1.54, 1.807) is 7.11 Å². The monoisotopic (exact) mass is 374 g/mol. The van der Waals surface area contributed by atoms with E-state index >= 15 is 0 Å². The molecule has 4 nitrogen and oxygen atoms in total. The van der Waals surface area contributed by atoms with Crippen molar-refractivity contribution in [1.82, 2.24) is 10.2 Å². The molecule has 2 aromatic rings. The molecular formula is C21H27ClN2O2. The lowest BCUT2D eigenvalue weighted by molar-refractivity contribution is -0.121. The molecule has 0 bridgehead atoms. The number of rotatable bonds is 8. The number of ether oxygens (including phenoxy) is 1. The van der Waals surface area contributed by atoms with Crippen LogP contribution in [0, 0.1) is 0 Å². The summed E-state index contributed by atoms with van der Waals surface area (Å²) in [6, 6.07) is 15.7. The standard InChI is InChI=1S/C21H27ClN2O2/c1-15(16-7-11-19(26-4)12-8-16)13-21(25)23-14-20(24(2)3)17-5-9-18(22)10-6-17/h5-12,15,20H,13-14H2,1-4H3,(H,23,25). The Morgan fingerprint density at radius 2 is 1.65 bits per heavy atom. The highest BCUT2D eigenvalue weighted by Crippen LogP contribution is 2.23.